The lowest BCUT2D eigenvalue weighted by Gasteiger charge is -2.33. The van der Waals surface area contributed by atoms with Gasteiger partial charge in [0.15, 0.2) is 0 Å². The first-order valence-electron chi connectivity index (χ1n) is 12.8. The Balaban J connectivity index is 1.46. The molecule has 0 atom stereocenters. The zero-order valence-electron chi connectivity index (χ0n) is 19.8. The van der Waals surface area contributed by atoms with Gasteiger partial charge in [-0.3, -0.25) is 4.79 Å². The third-order valence-electron chi connectivity index (χ3n) is 7.43. The van der Waals surface area contributed by atoms with Crippen molar-refractivity contribution < 1.29 is 13.2 Å². The van der Waals surface area contributed by atoms with Crippen LogP contribution in [-0.2, 0) is 10.0 Å². The molecule has 3 heterocycles. The summed E-state index contributed by atoms with van der Waals surface area (Å²) < 4.78 is 30.9. The predicted molar refractivity (Wildman–Crippen MR) is 133 cm³/mol. The molecule has 1 saturated carbocycles. The van der Waals surface area contributed by atoms with Gasteiger partial charge in [0.1, 0.15) is 10.7 Å². The van der Waals surface area contributed by atoms with Crippen LogP contribution in [0.5, 0.6) is 0 Å². The second kappa shape index (κ2) is 10.1. The highest BCUT2D eigenvalue weighted by Crippen LogP contribution is 2.34. The molecular weight excluding hydrogens is 450 g/mol. The van der Waals surface area contributed by atoms with Gasteiger partial charge >= 0.3 is 0 Å². The molecule has 2 aliphatic heterocycles. The SMILES string of the molecule is O=C(Nc1ccnn1C1CCCC1)c1ccc(N2CCCCC2)c(S(=O)(=O)N2CCCCC2)c1. The minimum absolute atomic E-state index is 0.258. The van der Waals surface area contributed by atoms with Crippen molar-refractivity contribution in [2.24, 2.45) is 0 Å². The molecule has 0 radical (unpaired) electrons. The quantitative estimate of drug-likeness (QED) is 0.655. The first-order valence-corrected chi connectivity index (χ1v) is 14.2. The number of anilines is 2. The van der Waals surface area contributed by atoms with Crippen LogP contribution in [0.25, 0.3) is 0 Å². The molecule has 34 heavy (non-hydrogen) atoms. The topological polar surface area (TPSA) is 87.5 Å². The van der Waals surface area contributed by atoms with E-state index < -0.39 is 10.0 Å². The summed E-state index contributed by atoms with van der Waals surface area (Å²) in [6, 6.07) is 7.28. The fraction of sp³-hybridized carbons (Fsp3) is 0.600. The van der Waals surface area contributed by atoms with Crippen LogP contribution in [0.4, 0.5) is 11.5 Å². The van der Waals surface area contributed by atoms with Crippen LogP contribution in [0.15, 0.2) is 35.4 Å². The van der Waals surface area contributed by atoms with Crippen molar-refractivity contribution in [3.63, 3.8) is 0 Å². The van der Waals surface area contributed by atoms with Crippen LogP contribution in [0.2, 0.25) is 0 Å². The lowest BCUT2D eigenvalue weighted by Crippen LogP contribution is -2.37. The summed E-state index contributed by atoms with van der Waals surface area (Å²) in [7, 11) is -3.69. The molecule has 1 aromatic heterocycles. The van der Waals surface area contributed by atoms with Gasteiger partial charge in [0.2, 0.25) is 10.0 Å². The van der Waals surface area contributed by atoms with Crippen LogP contribution >= 0.6 is 0 Å². The number of piperidine rings is 2. The molecule has 3 fully saturated rings. The summed E-state index contributed by atoms with van der Waals surface area (Å²) in [5, 5.41) is 7.41. The number of rotatable bonds is 6. The van der Waals surface area contributed by atoms with Crippen LogP contribution in [0.1, 0.15) is 80.6 Å². The van der Waals surface area contributed by atoms with Crippen molar-refractivity contribution in [3.8, 4) is 0 Å². The summed E-state index contributed by atoms with van der Waals surface area (Å²) in [6.07, 6.45) is 12.3. The Morgan fingerprint density at radius 1 is 0.882 bits per heavy atom. The fourth-order valence-corrected chi connectivity index (χ4v) is 7.30. The molecule has 2 aromatic rings. The Hall–Kier alpha value is -2.39. The van der Waals surface area contributed by atoms with Gasteiger partial charge in [0.25, 0.3) is 5.91 Å². The summed E-state index contributed by atoms with van der Waals surface area (Å²) in [6.45, 7) is 2.76. The molecule has 184 valence electrons. The molecule has 1 N–H and O–H groups in total. The van der Waals surface area contributed by atoms with E-state index in [1.807, 2.05) is 16.8 Å². The van der Waals surface area contributed by atoms with Crippen LogP contribution < -0.4 is 10.2 Å². The second-order valence-corrected chi connectivity index (χ2v) is 11.7. The Morgan fingerprint density at radius 3 is 2.26 bits per heavy atom. The van der Waals surface area contributed by atoms with Gasteiger partial charge in [0.05, 0.1) is 17.9 Å². The molecule has 5 rings (SSSR count). The van der Waals surface area contributed by atoms with Crippen molar-refractivity contribution in [3.05, 3.63) is 36.0 Å². The molecule has 0 spiro atoms. The van der Waals surface area contributed by atoms with Crippen molar-refractivity contribution in [1.29, 1.82) is 0 Å². The van der Waals surface area contributed by atoms with Crippen LogP contribution in [-0.4, -0.2) is 54.6 Å². The number of aromatic nitrogens is 2. The van der Waals surface area contributed by atoms with E-state index in [4.69, 9.17) is 0 Å². The van der Waals surface area contributed by atoms with Gasteiger partial charge in [-0.2, -0.15) is 9.40 Å². The minimum Gasteiger partial charge on any atom is -0.370 e. The fourth-order valence-electron chi connectivity index (χ4n) is 5.54. The number of nitrogens with one attached hydrogen (secondary N) is 1. The number of carbonyl (C=O) groups excluding carboxylic acids is 1. The molecule has 1 aromatic carbocycles. The van der Waals surface area contributed by atoms with E-state index in [2.05, 4.69) is 15.3 Å². The first kappa shape index (κ1) is 23.4. The van der Waals surface area contributed by atoms with Crippen LogP contribution in [0.3, 0.4) is 0 Å². The summed E-state index contributed by atoms with van der Waals surface area (Å²) in [5.74, 6) is 0.359. The number of hydrogen-bond acceptors (Lipinski definition) is 5. The average molecular weight is 486 g/mol. The normalized spacial score (nSPS) is 20.5. The van der Waals surface area contributed by atoms with Gasteiger partial charge < -0.3 is 10.2 Å². The number of benzene rings is 1. The van der Waals surface area contributed by atoms with Gasteiger partial charge in [-0.05, 0) is 63.1 Å². The maximum atomic E-state index is 13.7. The van der Waals surface area contributed by atoms with E-state index in [0.29, 0.717) is 30.5 Å². The van der Waals surface area contributed by atoms with Gasteiger partial charge in [-0.15, -0.1) is 0 Å². The molecule has 9 heteroatoms. The maximum absolute atomic E-state index is 13.7. The van der Waals surface area contributed by atoms with Gasteiger partial charge in [0, 0.05) is 37.8 Å². The number of hydrogen-bond donors (Lipinski definition) is 1. The number of sulfonamides is 1. The number of carbonyl (C=O) groups is 1. The van der Waals surface area contributed by atoms with Gasteiger partial charge in [-0.25, -0.2) is 13.1 Å². The van der Waals surface area contributed by atoms with E-state index in [1.54, 1.807) is 22.6 Å². The van der Waals surface area contributed by atoms with Crippen molar-refractivity contribution in [2.45, 2.75) is 75.1 Å². The number of amides is 1. The van der Waals surface area contributed by atoms with Crippen molar-refractivity contribution in [1.82, 2.24) is 14.1 Å². The lowest BCUT2D eigenvalue weighted by molar-refractivity contribution is 0.102. The van der Waals surface area contributed by atoms with Crippen molar-refractivity contribution >= 4 is 27.4 Å². The van der Waals surface area contributed by atoms with Crippen molar-refractivity contribution in [2.75, 3.05) is 36.4 Å². The summed E-state index contributed by atoms with van der Waals surface area (Å²) >= 11 is 0. The molecule has 2 saturated heterocycles. The second-order valence-electron chi connectivity index (χ2n) is 9.75. The highest BCUT2D eigenvalue weighted by atomic mass is 32.2. The highest BCUT2D eigenvalue weighted by molar-refractivity contribution is 7.89. The Labute approximate surface area is 202 Å². The third-order valence-corrected chi connectivity index (χ3v) is 9.36. The molecule has 1 aliphatic carbocycles. The van der Waals surface area contributed by atoms with Gasteiger partial charge in [-0.1, -0.05) is 19.3 Å². The minimum atomic E-state index is -3.69. The van der Waals surface area contributed by atoms with E-state index in [9.17, 15) is 13.2 Å². The summed E-state index contributed by atoms with van der Waals surface area (Å²) in [4.78, 5) is 15.7. The molecule has 1 amide bonds. The number of nitrogens with zero attached hydrogens (tertiary/aromatic N) is 4. The van der Waals surface area contributed by atoms with E-state index in [-0.39, 0.29) is 10.8 Å². The van der Waals surface area contributed by atoms with E-state index in [1.165, 1.54) is 19.3 Å². The van der Waals surface area contributed by atoms with E-state index >= 15 is 0 Å². The summed E-state index contributed by atoms with van der Waals surface area (Å²) in [5.41, 5.74) is 1.08. The monoisotopic (exact) mass is 485 g/mol. The highest BCUT2D eigenvalue weighted by Gasteiger charge is 2.31. The smallest absolute Gasteiger partial charge is 0.256 e. The molecule has 0 bridgehead atoms. The average Bonchev–Trinajstić information content (AvgIpc) is 3.57. The maximum Gasteiger partial charge on any atom is 0.256 e. The zero-order chi connectivity index (χ0) is 23.5. The standard InChI is InChI=1S/C25H35N5O3S/c31-25(27-24-13-14-26-30(24)21-9-3-4-10-21)20-11-12-22(28-15-5-1-6-16-28)23(19-20)34(32,33)29-17-7-2-8-18-29/h11-14,19,21H,1-10,15-18H2,(H,27,31). The molecular formula is C25H35N5O3S. The molecule has 8 nitrogen and oxygen atoms in total. The largest absolute Gasteiger partial charge is 0.370 e. The van der Waals surface area contributed by atoms with Crippen LogP contribution in [0, 0.1) is 0 Å². The Bertz CT molecular complexity index is 1110. The molecule has 3 aliphatic rings. The Kier molecular flexibility index (Phi) is 6.92. The van der Waals surface area contributed by atoms with E-state index in [0.717, 1.165) is 63.7 Å². The Morgan fingerprint density at radius 2 is 1.56 bits per heavy atom. The molecule has 0 unspecified atom stereocenters. The zero-order valence-corrected chi connectivity index (χ0v) is 20.6. The lowest BCUT2D eigenvalue weighted by atomic mass is 10.1. The predicted octanol–water partition coefficient (Wildman–Crippen LogP) is 4.42. The third kappa shape index (κ3) is 4.73. The first-order chi connectivity index (χ1) is 16.5.